The van der Waals surface area contributed by atoms with Crippen molar-refractivity contribution in [3.63, 3.8) is 0 Å². The molecule has 2 heterocycles. The molecule has 1 N–H and O–H groups in total. The molecule has 1 amide bonds. The van der Waals surface area contributed by atoms with Gasteiger partial charge >= 0.3 is 0 Å². The number of hydrogen-bond acceptors (Lipinski definition) is 4. The maximum absolute atomic E-state index is 12.8. The van der Waals surface area contributed by atoms with Crippen molar-refractivity contribution >= 4 is 27.3 Å². The van der Waals surface area contributed by atoms with Gasteiger partial charge in [0.25, 0.3) is 10.0 Å². The van der Waals surface area contributed by atoms with E-state index in [0.29, 0.717) is 23.7 Å². The zero-order valence-electron chi connectivity index (χ0n) is 14.8. The van der Waals surface area contributed by atoms with Gasteiger partial charge in [0.2, 0.25) is 5.91 Å². The van der Waals surface area contributed by atoms with Gasteiger partial charge in [-0.25, -0.2) is 8.42 Å². The van der Waals surface area contributed by atoms with Crippen LogP contribution in [0.2, 0.25) is 0 Å². The molecule has 0 spiro atoms. The Morgan fingerprint density at radius 3 is 2.69 bits per heavy atom. The lowest BCUT2D eigenvalue weighted by Crippen LogP contribution is -2.45. The SMILES string of the molecule is Cc1ccc(S(=O)(=O)N2CCC[C@@H](C(=O)NCCc3ccccc3)C2)s1. The van der Waals surface area contributed by atoms with Gasteiger partial charge in [-0.2, -0.15) is 4.31 Å². The number of rotatable bonds is 6. The molecule has 0 unspecified atom stereocenters. The summed E-state index contributed by atoms with van der Waals surface area (Å²) in [5, 5.41) is 2.96. The molecule has 140 valence electrons. The monoisotopic (exact) mass is 392 g/mol. The molecule has 5 nitrogen and oxygen atoms in total. The molecular formula is C19H24N2O3S2. The summed E-state index contributed by atoms with van der Waals surface area (Å²) < 4.78 is 27.4. The lowest BCUT2D eigenvalue weighted by Gasteiger charge is -2.30. The molecule has 7 heteroatoms. The fraction of sp³-hybridized carbons (Fsp3) is 0.421. The topological polar surface area (TPSA) is 66.5 Å². The van der Waals surface area contributed by atoms with Crippen LogP contribution in [0.1, 0.15) is 23.3 Å². The third-order valence-corrected chi connectivity index (χ3v) is 7.95. The predicted octanol–water partition coefficient (Wildman–Crippen LogP) is 2.82. The molecule has 3 rings (SSSR count). The van der Waals surface area contributed by atoms with E-state index in [4.69, 9.17) is 0 Å². The van der Waals surface area contributed by atoms with Crippen molar-refractivity contribution in [1.82, 2.24) is 9.62 Å². The Hall–Kier alpha value is -1.70. The van der Waals surface area contributed by atoms with Crippen LogP contribution in [-0.2, 0) is 21.2 Å². The molecule has 2 aromatic rings. The number of benzene rings is 1. The smallest absolute Gasteiger partial charge is 0.252 e. The number of piperidine rings is 1. The summed E-state index contributed by atoms with van der Waals surface area (Å²) in [5.74, 6) is -0.335. The van der Waals surface area contributed by atoms with Gasteiger partial charge < -0.3 is 5.32 Å². The average Bonchev–Trinajstić information content (AvgIpc) is 3.10. The van der Waals surface area contributed by atoms with Crippen LogP contribution in [0.5, 0.6) is 0 Å². The van der Waals surface area contributed by atoms with Crippen LogP contribution >= 0.6 is 11.3 Å². The highest BCUT2D eigenvalue weighted by Crippen LogP contribution is 2.28. The van der Waals surface area contributed by atoms with Crippen LogP contribution in [0.4, 0.5) is 0 Å². The summed E-state index contributed by atoms with van der Waals surface area (Å²) in [6.45, 7) is 3.20. The molecule has 1 aromatic carbocycles. The Morgan fingerprint density at radius 2 is 2.00 bits per heavy atom. The Labute approximate surface area is 159 Å². The number of thiophene rings is 1. The standard InChI is InChI=1S/C19H24N2O3S2/c1-15-9-10-18(25-15)26(23,24)21-13-5-8-17(14-21)19(22)20-12-11-16-6-3-2-4-7-16/h2-4,6-7,9-10,17H,5,8,11-14H2,1H3,(H,20,22)/t17-/m1/s1. The number of nitrogens with one attached hydrogen (secondary N) is 1. The first-order valence-corrected chi connectivity index (χ1v) is 11.1. The lowest BCUT2D eigenvalue weighted by atomic mass is 9.99. The van der Waals surface area contributed by atoms with E-state index in [1.165, 1.54) is 21.2 Å². The van der Waals surface area contributed by atoms with Gasteiger partial charge in [0.05, 0.1) is 5.92 Å². The first-order valence-electron chi connectivity index (χ1n) is 8.85. The van der Waals surface area contributed by atoms with Crippen LogP contribution in [0.25, 0.3) is 0 Å². The Morgan fingerprint density at radius 1 is 1.23 bits per heavy atom. The molecule has 1 aliphatic rings. The molecular weight excluding hydrogens is 368 g/mol. The van der Waals surface area contributed by atoms with E-state index in [0.717, 1.165) is 17.7 Å². The third kappa shape index (κ3) is 4.52. The van der Waals surface area contributed by atoms with Crippen molar-refractivity contribution in [1.29, 1.82) is 0 Å². The van der Waals surface area contributed by atoms with Crippen molar-refractivity contribution in [2.75, 3.05) is 19.6 Å². The molecule has 1 atom stereocenters. The van der Waals surface area contributed by atoms with Gasteiger partial charge in [-0.3, -0.25) is 4.79 Å². The first-order chi connectivity index (χ1) is 12.5. The molecule has 1 fully saturated rings. The largest absolute Gasteiger partial charge is 0.355 e. The zero-order chi connectivity index (χ0) is 18.6. The summed E-state index contributed by atoms with van der Waals surface area (Å²) in [4.78, 5) is 13.4. The van der Waals surface area contributed by atoms with Crippen LogP contribution < -0.4 is 5.32 Å². The second-order valence-electron chi connectivity index (χ2n) is 6.59. The van der Waals surface area contributed by atoms with E-state index in [1.807, 2.05) is 43.3 Å². The quantitative estimate of drug-likeness (QED) is 0.822. The molecule has 1 saturated heterocycles. The van der Waals surface area contributed by atoms with Crippen LogP contribution in [0.3, 0.4) is 0 Å². The van der Waals surface area contributed by atoms with E-state index in [2.05, 4.69) is 5.32 Å². The van der Waals surface area contributed by atoms with Crippen molar-refractivity contribution in [3.8, 4) is 0 Å². The van der Waals surface area contributed by atoms with Gasteiger partial charge in [-0.05, 0) is 43.9 Å². The number of sulfonamides is 1. The number of aryl methyl sites for hydroxylation is 1. The molecule has 0 radical (unpaired) electrons. The zero-order valence-corrected chi connectivity index (χ0v) is 16.5. The van der Waals surface area contributed by atoms with Gasteiger partial charge in [0.1, 0.15) is 4.21 Å². The fourth-order valence-corrected chi connectivity index (χ4v) is 6.13. The summed E-state index contributed by atoms with van der Waals surface area (Å²) in [5.41, 5.74) is 1.17. The Kier molecular flexibility index (Phi) is 6.11. The van der Waals surface area contributed by atoms with E-state index in [1.54, 1.807) is 6.07 Å². The van der Waals surface area contributed by atoms with Crippen molar-refractivity contribution in [2.45, 2.75) is 30.4 Å². The van der Waals surface area contributed by atoms with Crippen LogP contribution in [0.15, 0.2) is 46.7 Å². The van der Waals surface area contributed by atoms with Crippen molar-refractivity contribution in [3.05, 3.63) is 52.9 Å². The number of nitrogens with zero attached hydrogens (tertiary/aromatic N) is 1. The summed E-state index contributed by atoms with van der Waals surface area (Å²) in [6, 6.07) is 13.5. The Bertz CT molecular complexity index is 847. The second-order valence-corrected chi connectivity index (χ2v) is 10.0. The van der Waals surface area contributed by atoms with Gasteiger partial charge in [-0.1, -0.05) is 30.3 Å². The van der Waals surface area contributed by atoms with E-state index >= 15 is 0 Å². The maximum Gasteiger partial charge on any atom is 0.252 e. The van der Waals surface area contributed by atoms with Crippen LogP contribution in [-0.4, -0.2) is 38.3 Å². The number of hydrogen-bond donors (Lipinski definition) is 1. The summed E-state index contributed by atoms with van der Waals surface area (Å²) in [7, 11) is -3.50. The predicted molar refractivity (Wildman–Crippen MR) is 104 cm³/mol. The van der Waals surface area contributed by atoms with E-state index < -0.39 is 10.0 Å². The Balaban J connectivity index is 1.56. The number of carbonyl (C=O) groups excluding carboxylic acids is 1. The van der Waals surface area contributed by atoms with Crippen molar-refractivity contribution in [2.24, 2.45) is 5.92 Å². The second kappa shape index (κ2) is 8.33. The van der Waals surface area contributed by atoms with Crippen LogP contribution in [0, 0.1) is 12.8 Å². The highest BCUT2D eigenvalue weighted by Gasteiger charge is 2.33. The van der Waals surface area contributed by atoms with Gasteiger partial charge in [0.15, 0.2) is 0 Å². The molecule has 0 bridgehead atoms. The minimum atomic E-state index is -3.50. The molecule has 26 heavy (non-hydrogen) atoms. The first kappa shape index (κ1) is 19.1. The van der Waals surface area contributed by atoms with Gasteiger partial charge in [-0.15, -0.1) is 11.3 Å². The number of amides is 1. The normalized spacial score (nSPS) is 18.6. The fourth-order valence-electron chi connectivity index (χ4n) is 3.17. The number of carbonyl (C=O) groups is 1. The van der Waals surface area contributed by atoms with Gasteiger partial charge in [0, 0.05) is 24.5 Å². The summed E-state index contributed by atoms with van der Waals surface area (Å²) in [6.07, 6.45) is 2.21. The molecule has 0 saturated carbocycles. The average molecular weight is 393 g/mol. The van der Waals surface area contributed by atoms with E-state index in [9.17, 15) is 13.2 Å². The third-order valence-electron chi connectivity index (χ3n) is 4.62. The maximum atomic E-state index is 12.8. The molecule has 0 aliphatic carbocycles. The minimum Gasteiger partial charge on any atom is -0.355 e. The summed E-state index contributed by atoms with van der Waals surface area (Å²) >= 11 is 1.28. The molecule has 1 aliphatic heterocycles. The molecule has 1 aromatic heterocycles. The highest BCUT2D eigenvalue weighted by molar-refractivity contribution is 7.91. The minimum absolute atomic E-state index is 0.0526. The lowest BCUT2D eigenvalue weighted by molar-refractivity contribution is -0.126. The van der Waals surface area contributed by atoms with E-state index in [-0.39, 0.29) is 18.4 Å². The van der Waals surface area contributed by atoms with Crippen molar-refractivity contribution < 1.29 is 13.2 Å². The highest BCUT2D eigenvalue weighted by atomic mass is 32.2.